The smallest absolute Gasteiger partial charge is 0.262 e. The number of rotatable bonds is 2. The Labute approximate surface area is 140 Å². The van der Waals surface area contributed by atoms with E-state index in [4.69, 9.17) is 0 Å². The van der Waals surface area contributed by atoms with E-state index in [1.54, 1.807) is 0 Å². The van der Waals surface area contributed by atoms with Gasteiger partial charge in [-0.2, -0.15) is 0 Å². The van der Waals surface area contributed by atoms with Crippen molar-refractivity contribution >= 4 is 35.1 Å². The van der Waals surface area contributed by atoms with Gasteiger partial charge in [0.25, 0.3) is 5.91 Å². The molecule has 0 unspecified atom stereocenters. The lowest BCUT2D eigenvalue weighted by Crippen LogP contribution is -2.17. The van der Waals surface area contributed by atoms with Gasteiger partial charge in [-0.1, -0.05) is 36.0 Å². The fraction of sp³-hybridized carbons (Fsp3) is 0.211. The first-order chi connectivity index (χ1) is 11.3. The lowest BCUT2D eigenvalue weighted by Gasteiger charge is -2.19. The lowest BCUT2D eigenvalue weighted by atomic mass is 10.2. The number of fused-ring (bicyclic) bond motifs is 1. The molecular formula is C19H18N2OS. The molecule has 2 heterocycles. The molecule has 2 aromatic rings. The first kappa shape index (κ1) is 14.4. The van der Waals surface area contributed by atoms with Crippen LogP contribution in [-0.2, 0) is 4.79 Å². The summed E-state index contributed by atoms with van der Waals surface area (Å²) in [6.45, 7) is 2.30. The number of hydrogen-bond acceptors (Lipinski definition) is 3. The molecule has 0 aromatic heterocycles. The number of hydrogen-bond donors (Lipinski definition) is 1. The van der Waals surface area contributed by atoms with Gasteiger partial charge in [0.05, 0.1) is 10.6 Å². The van der Waals surface area contributed by atoms with Crippen molar-refractivity contribution in [2.45, 2.75) is 17.7 Å². The van der Waals surface area contributed by atoms with Crippen molar-refractivity contribution in [3.8, 4) is 0 Å². The number of carbonyl (C=O) groups is 1. The molecule has 0 spiro atoms. The topological polar surface area (TPSA) is 32.3 Å². The van der Waals surface area contributed by atoms with Gasteiger partial charge in [-0.25, -0.2) is 0 Å². The van der Waals surface area contributed by atoms with Gasteiger partial charge in [0, 0.05) is 23.7 Å². The molecule has 4 rings (SSSR count). The Balaban J connectivity index is 1.56. The maximum absolute atomic E-state index is 12.2. The molecule has 4 heteroatoms. The van der Waals surface area contributed by atoms with E-state index in [0.717, 1.165) is 34.1 Å². The second-order valence-corrected chi connectivity index (χ2v) is 6.93. The zero-order chi connectivity index (χ0) is 15.6. The Morgan fingerprint density at radius 1 is 1.00 bits per heavy atom. The van der Waals surface area contributed by atoms with Crippen LogP contribution in [0.4, 0.5) is 11.4 Å². The molecule has 0 bridgehead atoms. The number of thioether (sulfide) groups is 1. The zero-order valence-corrected chi connectivity index (χ0v) is 13.6. The maximum Gasteiger partial charge on any atom is 0.262 e. The SMILES string of the molecule is O=C1Nc2ccccc2S/C1=C/c1ccc(N2CCCC2)cc1. The normalized spacial score (nSPS) is 18.9. The second-order valence-electron chi connectivity index (χ2n) is 5.85. The fourth-order valence-electron chi connectivity index (χ4n) is 3.01. The summed E-state index contributed by atoms with van der Waals surface area (Å²) < 4.78 is 0. The van der Waals surface area contributed by atoms with E-state index in [2.05, 4.69) is 34.5 Å². The second kappa shape index (κ2) is 6.13. The number of nitrogens with zero attached hydrogens (tertiary/aromatic N) is 1. The van der Waals surface area contributed by atoms with Crippen molar-refractivity contribution in [2.24, 2.45) is 0 Å². The van der Waals surface area contributed by atoms with Crippen LogP contribution in [0.1, 0.15) is 18.4 Å². The van der Waals surface area contributed by atoms with E-state index in [1.165, 1.54) is 30.3 Å². The van der Waals surface area contributed by atoms with Gasteiger partial charge in [-0.3, -0.25) is 4.79 Å². The third kappa shape index (κ3) is 2.99. The summed E-state index contributed by atoms with van der Waals surface area (Å²) in [6, 6.07) is 16.4. The number of carbonyl (C=O) groups excluding carboxylic acids is 1. The minimum atomic E-state index is -0.0303. The zero-order valence-electron chi connectivity index (χ0n) is 12.8. The molecule has 3 nitrogen and oxygen atoms in total. The molecule has 1 N–H and O–H groups in total. The van der Waals surface area contributed by atoms with Gasteiger partial charge in [0.1, 0.15) is 0 Å². The Morgan fingerprint density at radius 2 is 1.74 bits per heavy atom. The summed E-state index contributed by atoms with van der Waals surface area (Å²) in [7, 11) is 0. The first-order valence-corrected chi connectivity index (χ1v) is 8.76. The fourth-order valence-corrected chi connectivity index (χ4v) is 3.96. The highest BCUT2D eigenvalue weighted by atomic mass is 32.2. The van der Waals surface area contributed by atoms with E-state index in [9.17, 15) is 4.79 Å². The highest BCUT2D eigenvalue weighted by molar-refractivity contribution is 8.04. The van der Waals surface area contributed by atoms with Crippen LogP contribution < -0.4 is 10.2 Å². The van der Waals surface area contributed by atoms with Crippen molar-refractivity contribution < 1.29 is 4.79 Å². The van der Waals surface area contributed by atoms with Crippen LogP contribution >= 0.6 is 11.8 Å². The van der Waals surface area contributed by atoms with Gasteiger partial charge < -0.3 is 10.2 Å². The molecule has 2 aromatic carbocycles. The average Bonchev–Trinajstić information content (AvgIpc) is 3.11. The molecule has 0 aliphatic carbocycles. The Bertz CT molecular complexity index is 761. The summed E-state index contributed by atoms with van der Waals surface area (Å²) in [5, 5.41) is 2.95. The monoisotopic (exact) mass is 322 g/mol. The standard InChI is InChI=1S/C19H18N2OS/c22-19-18(23-17-6-2-1-5-16(17)20-19)13-14-7-9-15(10-8-14)21-11-3-4-12-21/h1-2,5-10,13H,3-4,11-12H2,(H,20,22)/b18-13+. The molecular weight excluding hydrogens is 304 g/mol. The third-order valence-electron chi connectivity index (χ3n) is 4.24. The summed E-state index contributed by atoms with van der Waals surface area (Å²) in [4.78, 5) is 16.5. The molecule has 0 atom stereocenters. The van der Waals surface area contributed by atoms with Crippen molar-refractivity contribution in [3.63, 3.8) is 0 Å². The molecule has 116 valence electrons. The Morgan fingerprint density at radius 3 is 2.52 bits per heavy atom. The van der Waals surface area contributed by atoms with Crippen LogP contribution in [0, 0.1) is 0 Å². The lowest BCUT2D eigenvalue weighted by molar-refractivity contribution is -0.112. The van der Waals surface area contributed by atoms with Crippen molar-refractivity contribution in [1.82, 2.24) is 0 Å². The molecule has 23 heavy (non-hydrogen) atoms. The molecule has 1 saturated heterocycles. The minimum Gasteiger partial charge on any atom is -0.372 e. The molecule has 2 aliphatic heterocycles. The minimum absolute atomic E-state index is 0.0303. The predicted molar refractivity (Wildman–Crippen MR) is 96.8 cm³/mol. The van der Waals surface area contributed by atoms with Gasteiger partial charge in [0.2, 0.25) is 0 Å². The Hall–Kier alpha value is -2.20. The number of benzene rings is 2. The van der Waals surface area contributed by atoms with Crippen LogP contribution in [-0.4, -0.2) is 19.0 Å². The molecule has 2 aliphatic rings. The number of anilines is 2. The van der Waals surface area contributed by atoms with Gasteiger partial charge >= 0.3 is 0 Å². The summed E-state index contributed by atoms with van der Waals surface area (Å²) in [5.41, 5.74) is 3.23. The quantitative estimate of drug-likeness (QED) is 0.833. The molecule has 0 radical (unpaired) electrons. The van der Waals surface area contributed by atoms with Crippen LogP contribution in [0.25, 0.3) is 6.08 Å². The van der Waals surface area contributed by atoms with Crippen LogP contribution in [0.2, 0.25) is 0 Å². The summed E-state index contributed by atoms with van der Waals surface area (Å²) in [5.74, 6) is -0.0303. The molecule has 1 amide bonds. The van der Waals surface area contributed by atoms with E-state index in [0.29, 0.717) is 0 Å². The first-order valence-electron chi connectivity index (χ1n) is 7.94. The summed E-state index contributed by atoms with van der Waals surface area (Å²) in [6.07, 6.45) is 4.52. The highest BCUT2D eigenvalue weighted by Gasteiger charge is 2.20. The average molecular weight is 322 g/mol. The van der Waals surface area contributed by atoms with E-state index < -0.39 is 0 Å². The largest absolute Gasteiger partial charge is 0.372 e. The number of amides is 1. The Kier molecular flexibility index (Phi) is 3.83. The number of para-hydroxylation sites is 1. The van der Waals surface area contributed by atoms with Crippen LogP contribution in [0.3, 0.4) is 0 Å². The third-order valence-corrected chi connectivity index (χ3v) is 5.34. The molecule has 0 saturated carbocycles. The van der Waals surface area contributed by atoms with E-state index in [1.807, 2.05) is 30.3 Å². The van der Waals surface area contributed by atoms with Crippen LogP contribution in [0.5, 0.6) is 0 Å². The van der Waals surface area contributed by atoms with Crippen molar-refractivity contribution in [3.05, 3.63) is 59.0 Å². The van der Waals surface area contributed by atoms with E-state index in [-0.39, 0.29) is 5.91 Å². The predicted octanol–water partition coefficient (Wildman–Crippen LogP) is 4.37. The van der Waals surface area contributed by atoms with Crippen molar-refractivity contribution in [2.75, 3.05) is 23.3 Å². The highest BCUT2D eigenvalue weighted by Crippen LogP contribution is 2.38. The van der Waals surface area contributed by atoms with Gasteiger partial charge in [0.15, 0.2) is 0 Å². The summed E-state index contributed by atoms with van der Waals surface area (Å²) >= 11 is 1.53. The van der Waals surface area contributed by atoms with Crippen molar-refractivity contribution in [1.29, 1.82) is 0 Å². The maximum atomic E-state index is 12.2. The van der Waals surface area contributed by atoms with Gasteiger partial charge in [-0.05, 0) is 48.7 Å². The van der Waals surface area contributed by atoms with Crippen LogP contribution in [0.15, 0.2) is 58.3 Å². The number of nitrogens with one attached hydrogen (secondary N) is 1. The van der Waals surface area contributed by atoms with Gasteiger partial charge in [-0.15, -0.1) is 0 Å². The van der Waals surface area contributed by atoms with E-state index >= 15 is 0 Å². The molecule has 1 fully saturated rings.